The van der Waals surface area contributed by atoms with Crippen LogP contribution in [0, 0.1) is 11.3 Å². The van der Waals surface area contributed by atoms with Gasteiger partial charge in [0.05, 0.1) is 16.8 Å². The fourth-order valence-electron chi connectivity index (χ4n) is 2.57. The molecule has 124 valence electrons. The Kier molecular flexibility index (Phi) is 5.48. The van der Waals surface area contributed by atoms with Gasteiger partial charge in [-0.3, -0.25) is 4.79 Å². The lowest BCUT2D eigenvalue weighted by molar-refractivity contribution is -0.137. The number of hydrogen-bond donors (Lipinski definition) is 1. The maximum absolute atomic E-state index is 12.6. The average molecular weight is 325 g/mol. The molecule has 4 nitrogen and oxygen atoms in total. The van der Waals surface area contributed by atoms with Crippen LogP contribution in [0.15, 0.2) is 18.2 Å². The Labute approximate surface area is 132 Å². The molecule has 1 heterocycles. The van der Waals surface area contributed by atoms with Crippen molar-refractivity contribution in [3.63, 3.8) is 0 Å². The van der Waals surface area contributed by atoms with Gasteiger partial charge in [0.25, 0.3) is 0 Å². The van der Waals surface area contributed by atoms with E-state index in [1.54, 1.807) is 6.07 Å². The zero-order valence-electron chi connectivity index (χ0n) is 12.6. The number of benzene rings is 1. The molecule has 1 saturated heterocycles. The van der Waals surface area contributed by atoms with E-state index in [1.807, 2.05) is 4.90 Å². The van der Waals surface area contributed by atoms with Gasteiger partial charge in [-0.15, -0.1) is 0 Å². The second-order valence-electron chi connectivity index (χ2n) is 5.49. The van der Waals surface area contributed by atoms with Gasteiger partial charge in [-0.1, -0.05) is 0 Å². The van der Waals surface area contributed by atoms with Crippen LogP contribution in [0.2, 0.25) is 0 Å². The Bertz CT molecular complexity index is 602. The van der Waals surface area contributed by atoms with Crippen LogP contribution >= 0.6 is 0 Å². The molecule has 1 aliphatic rings. The fourth-order valence-corrected chi connectivity index (χ4v) is 2.57. The molecule has 0 radical (unpaired) electrons. The third-order valence-electron chi connectivity index (χ3n) is 3.83. The normalized spacial score (nSPS) is 15.1. The number of nitrogens with one attached hydrogen (secondary N) is 1. The third-order valence-corrected chi connectivity index (χ3v) is 3.83. The molecule has 23 heavy (non-hydrogen) atoms. The first-order valence-electron chi connectivity index (χ1n) is 7.55. The molecular formula is C16H18F3N3O. The van der Waals surface area contributed by atoms with E-state index in [9.17, 15) is 18.0 Å². The molecule has 2 rings (SSSR count). The molecule has 1 amide bonds. The molecule has 0 aromatic heterocycles. The number of rotatable bonds is 4. The van der Waals surface area contributed by atoms with Crippen LogP contribution in [0.1, 0.15) is 36.8 Å². The summed E-state index contributed by atoms with van der Waals surface area (Å²) in [4.78, 5) is 13.8. The van der Waals surface area contributed by atoms with E-state index in [2.05, 4.69) is 5.32 Å². The van der Waals surface area contributed by atoms with Crippen molar-refractivity contribution in [3.8, 4) is 6.07 Å². The molecule has 1 aromatic rings. The minimum Gasteiger partial charge on any atom is -0.383 e. The highest BCUT2D eigenvalue weighted by atomic mass is 19.4. The summed E-state index contributed by atoms with van der Waals surface area (Å²) in [7, 11) is 0. The molecule has 0 atom stereocenters. The number of piperidine rings is 1. The van der Waals surface area contributed by atoms with Crippen LogP contribution < -0.4 is 5.32 Å². The summed E-state index contributed by atoms with van der Waals surface area (Å²) < 4.78 is 37.9. The molecule has 1 N–H and O–H groups in total. The summed E-state index contributed by atoms with van der Waals surface area (Å²) in [6, 6.07) is 4.72. The van der Waals surface area contributed by atoms with Crippen LogP contribution in [0.25, 0.3) is 0 Å². The molecule has 1 aromatic carbocycles. The van der Waals surface area contributed by atoms with E-state index in [0.717, 1.165) is 44.5 Å². The highest BCUT2D eigenvalue weighted by Crippen LogP contribution is 2.31. The molecule has 0 unspecified atom stereocenters. The van der Waals surface area contributed by atoms with Crippen LogP contribution in [-0.2, 0) is 11.0 Å². The molecule has 0 spiro atoms. The molecule has 1 fully saturated rings. The highest BCUT2D eigenvalue weighted by Gasteiger charge is 2.31. The molecule has 0 saturated carbocycles. The van der Waals surface area contributed by atoms with Gasteiger partial charge in [0, 0.05) is 26.1 Å². The molecule has 0 bridgehead atoms. The molecule has 1 aliphatic heterocycles. The Morgan fingerprint density at radius 1 is 1.26 bits per heavy atom. The summed E-state index contributed by atoms with van der Waals surface area (Å²) in [6.07, 6.45) is -1.06. The molecule has 0 aliphatic carbocycles. The van der Waals surface area contributed by atoms with E-state index in [4.69, 9.17) is 5.26 Å². The number of nitriles is 1. The van der Waals surface area contributed by atoms with Crippen LogP contribution in [0.5, 0.6) is 0 Å². The first-order valence-corrected chi connectivity index (χ1v) is 7.55. The number of nitrogens with zero attached hydrogens (tertiary/aromatic N) is 2. The summed E-state index contributed by atoms with van der Waals surface area (Å²) in [5, 5.41) is 11.9. The topological polar surface area (TPSA) is 56.1 Å². The second-order valence-corrected chi connectivity index (χ2v) is 5.49. The van der Waals surface area contributed by atoms with Gasteiger partial charge in [-0.25, -0.2) is 0 Å². The van der Waals surface area contributed by atoms with Gasteiger partial charge < -0.3 is 10.2 Å². The van der Waals surface area contributed by atoms with Gasteiger partial charge >= 0.3 is 6.18 Å². The van der Waals surface area contributed by atoms with Crippen molar-refractivity contribution in [1.82, 2.24) is 4.90 Å². The van der Waals surface area contributed by atoms with E-state index < -0.39 is 11.7 Å². The number of carbonyl (C=O) groups excluding carboxylic acids is 1. The maximum Gasteiger partial charge on any atom is 0.416 e. The minimum atomic E-state index is -4.48. The smallest absolute Gasteiger partial charge is 0.383 e. The number of amides is 1. The van der Waals surface area contributed by atoms with Crippen LogP contribution in [0.4, 0.5) is 18.9 Å². The van der Waals surface area contributed by atoms with E-state index in [0.29, 0.717) is 5.69 Å². The Balaban J connectivity index is 1.93. The monoisotopic (exact) mass is 325 g/mol. The van der Waals surface area contributed by atoms with Crippen molar-refractivity contribution < 1.29 is 18.0 Å². The number of likely N-dealkylation sites (tertiary alicyclic amines) is 1. The third kappa shape index (κ3) is 4.62. The van der Waals surface area contributed by atoms with E-state index in [-0.39, 0.29) is 24.4 Å². The number of hydrogen-bond acceptors (Lipinski definition) is 3. The number of alkyl halides is 3. The SMILES string of the molecule is N#Cc1cc(C(F)(F)F)ccc1NCCC(=O)N1CCCCC1. The maximum atomic E-state index is 12.6. The van der Waals surface area contributed by atoms with Crippen molar-refractivity contribution >= 4 is 11.6 Å². The molecular weight excluding hydrogens is 307 g/mol. The van der Waals surface area contributed by atoms with Gasteiger partial charge in [0.1, 0.15) is 6.07 Å². The van der Waals surface area contributed by atoms with Crippen LogP contribution in [-0.4, -0.2) is 30.4 Å². The number of anilines is 1. The van der Waals surface area contributed by atoms with Gasteiger partial charge in [0.2, 0.25) is 5.91 Å². The zero-order chi connectivity index (χ0) is 16.9. The standard InChI is InChI=1S/C16H18F3N3O/c17-16(18,19)13-4-5-14(12(10-13)11-20)21-7-6-15(23)22-8-2-1-3-9-22/h4-5,10,21H,1-3,6-9H2. The van der Waals surface area contributed by atoms with Crippen molar-refractivity contribution in [2.75, 3.05) is 25.0 Å². The Morgan fingerprint density at radius 2 is 1.96 bits per heavy atom. The van der Waals surface area contributed by atoms with Gasteiger partial charge in [0.15, 0.2) is 0 Å². The fraction of sp³-hybridized carbons (Fsp3) is 0.500. The second kappa shape index (κ2) is 7.36. The predicted octanol–water partition coefficient (Wildman–Crippen LogP) is 3.39. The Hall–Kier alpha value is -2.23. The van der Waals surface area contributed by atoms with E-state index >= 15 is 0 Å². The molecule has 7 heteroatoms. The number of carbonyl (C=O) groups is 1. The van der Waals surface area contributed by atoms with Gasteiger partial charge in [-0.2, -0.15) is 18.4 Å². The Morgan fingerprint density at radius 3 is 2.57 bits per heavy atom. The summed E-state index contributed by atoms with van der Waals surface area (Å²) in [6.45, 7) is 1.82. The van der Waals surface area contributed by atoms with Crippen molar-refractivity contribution in [2.45, 2.75) is 31.9 Å². The first-order chi connectivity index (χ1) is 10.9. The quantitative estimate of drug-likeness (QED) is 0.923. The highest BCUT2D eigenvalue weighted by molar-refractivity contribution is 5.77. The summed E-state index contributed by atoms with van der Waals surface area (Å²) in [5.74, 6) is 0.0302. The first kappa shape index (κ1) is 17.1. The van der Waals surface area contributed by atoms with Crippen molar-refractivity contribution in [3.05, 3.63) is 29.3 Å². The summed E-state index contributed by atoms with van der Waals surface area (Å²) >= 11 is 0. The minimum absolute atomic E-state index is 0.0302. The predicted molar refractivity (Wildman–Crippen MR) is 79.7 cm³/mol. The largest absolute Gasteiger partial charge is 0.416 e. The van der Waals surface area contributed by atoms with Crippen molar-refractivity contribution in [1.29, 1.82) is 5.26 Å². The zero-order valence-corrected chi connectivity index (χ0v) is 12.6. The lowest BCUT2D eigenvalue weighted by Gasteiger charge is -2.26. The average Bonchev–Trinajstić information content (AvgIpc) is 2.54. The van der Waals surface area contributed by atoms with Crippen molar-refractivity contribution in [2.24, 2.45) is 0 Å². The van der Waals surface area contributed by atoms with Crippen LogP contribution in [0.3, 0.4) is 0 Å². The summed E-state index contributed by atoms with van der Waals surface area (Å²) in [5.41, 5.74) is -0.624. The lowest BCUT2D eigenvalue weighted by atomic mass is 10.1. The van der Waals surface area contributed by atoms with Gasteiger partial charge in [-0.05, 0) is 37.5 Å². The van der Waals surface area contributed by atoms with E-state index in [1.165, 1.54) is 6.07 Å². The lowest BCUT2D eigenvalue weighted by Crippen LogP contribution is -2.36. The number of halogens is 3.